The maximum atomic E-state index is 13.0. The Balaban J connectivity index is 2.38. The molecule has 2 rings (SSSR count). The second-order valence-corrected chi connectivity index (χ2v) is 9.36. The van der Waals surface area contributed by atoms with E-state index in [9.17, 15) is 4.79 Å². The van der Waals surface area contributed by atoms with Gasteiger partial charge in [-0.25, -0.2) is 0 Å². The van der Waals surface area contributed by atoms with Crippen molar-refractivity contribution in [1.82, 2.24) is 0 Å². The summed E-state index contributed by atoms with van der Waals surface area (Å²) >= 11 is 0. The number of Topliss-reactive ketones (excluding diaryl/α,β-unsaturated/α-hetero) is 1. The standard InChI is InChI=1S/C26H34O3/c1-25(2,3)20-16-18(17-21(24(20)27)26(4,5)6)12-9-10-13-19-22(28-7)14-11-15-23(19)29-8/h9-10,12-17H,11H2,1-8H3/b10-9+. The lowest BCUT2D eigenvalue weighted by atomic mass is 9.72. The van der Waals surface area contributed by atoms with Gasteiger partial charge in [-0.05, 0) is 53.2 Å². The lowest BCUT2D eigenvalue weighted by molar-refractivity contribution is -0.114. The highest BCUT2D eigenvalue weighted by Gasteiger charge is 2.33. The summed E-state index contributed by atoms with van der Waals surface area (Å²) in [4.78, 5) is 13.0. The molecule has 29 heavy (non-hydrogen) atoms. The zero-order valence-electron chi connectivity index (χ0n) is 19.1. The Hall–Kier alpha value is -2.55. The summed E-state index contributed by atoms with van der Waals surface area (Å²) in [6, 6.07) is 0. The van der Waals surface area contributed by atoms with E-state index in [0.29, 0.717) is 0 Å². The first kappa shape index (κ1) is 22.7. The molecule has 0 heterocycles. The number of ether oxygens (including phenoxy) is 2. The molecule has 2 aliphatic rings. The molecule has 0 aromatic carbocycles. The fourth-order valence-corrected chi connectivity index (χ4v) is 3.35. The van der Waals surface area contributed by atoms with Gasteiger partial charge in [0.2, 0.25) is 0 Å². The van der Waals surface area contributed by atoms with Gasteiger partial charge in [-0.3, -0.25) is 4.79 Å². The van der Waals surface area contributed by atoms with Crippen LogP contribution in [0.25, 0.3) is 0 Å². The lowest BCUT2D eigenvalue weighted by Gasteiger charge is -2.31. The largest absolute Gasteiger partial charge is 0.496 e. The van der Waals surface area contributed by atoms with Crippen molar-refractivity contribution in [2.45, 2.75) is 48.0 Å². The van der Waals surface area contributed by atoms with Gasteiger partial charge in [-0.2, -0.15) is 0 Å². The Bertz CT molecular complexity index is 812. The van der Waals surface area contributed by atoms with Gasteiger partial charge in [-0.15, -0.1) is 0 Å². The van der Waals surface area contributed by atoms with Crippen molar-refractivity contribution in [3.05, 3.63) is 82.4 Å². The van der Waals surface area contributed by atoms with Crippen molar-refractivity contribution in [1.29, 1.82) is 0 Å². The van der Waals surface area contributed by atoms with E-state index in [4.69, 9.17) is 9.47 Å². The van der Waals surface area contributed by atoms with Crippen LogP contribution in [0.4, 0.5) is 0 Å². The van der Waals surface area contributed by atoms with Crippen LogP contribution in [0.2, 0.25) is 0 Å². The molecule has 3 heteroatoms. The third-order valence-corrected chi connectivity index (χ3v) is 4.97. The molecule has 0 N–H and O–H groups in total. The molecular formula is C26H34O3. The van der Waals surface area contributed by atoms with Crippen LogP contribution in [0.1, 0.15) is 48.0 Å². The van der Waals surface area contributed by atoms with Crippen molar-refractivity contribution >= 4 is 5.78 Å². The van der Waals surface area contributed by atoms with Crippen LogP contribution in [-0.4, -0.2) is 20.0 Å². The van der Waals surface area contributed by atoms with Crippen LogP contribution in [0, 0.1) is 10.8 Å². The molecule has 0 unspecified atom stereocenters. The normalized spacial score (nSPS) is 18.1. The molecule has 0 fully saturated rings. The number of hydrogen-bond acceptors (Lipinski definition) is 3. The second kappa shape index (κ2) is 8.86. The molecule has 0 aromatic heterocycles. The Morgan fingerprint density at radius 3 is 1.66 bits per heavy atom. The van der Waals surface area contributed by atoms with Gasteiger partial charge in [0.15, 0.2) is 5.78 Å². The quantitative estimate of drug-likeness (QED) is 0.554. The smallest absolute Gasteiger partial charge is 0.186 e. The minimum atomic E-state index is -0.203. The average molecular weight is 395 g/mol. The van der Waals surface area contributed by atoms with E-state index in [1.807, 2.05) is 48.6 Å². The number of allylic oxidation sites excluding steroid dienone is 11. The molecule has 0 radical (unpaired) electrons. The maximum Gasteiger partial charge on any atom is 0.186 e. The summed E-state index contributed by atoms with van der Waals surface area (Å²) in [6.07, 6.45) is 16.9. The van der Waals surface area contributed by atoms with Crippen molar-refractivity contribution in [3.8, 4) is 0 Å². The highest BCUT2D eigenvalue weighted by Crippen LogP contribution is 2.38. The first-order chi connectivity index (χ1) is 13.5. The molecule has 156 valence electrons. The topological polar surface area (TPSA) is 35.5 Å². The molecule has 0 saturated heterocycles. The summed E-state index contributed by atoms with van der Waals surface area (Å²) in [6.45, 7) is 12.5. The van der Waals surface area contributed by atoms with E-state index in [-0.39, 0.29) is 16.6 Å². The molecule has 0 aromatic rings. The zero-order chi connectivity index (χ0) is 21.8. The first-order valence-corrected chi connectivity index (χ1v) is 10.1. The van der Waals surface area contributed by atoms with E-state index < -0.39 is 0 Å². The number of carbonyl (C=O) groups excluding carboxylic acids is 1. The van der Waals surface area contributed by atoms with Gasteiger partial charge in [0.25, 0.3) is 0 Å². The van der Waals surface area contributed by atoms with E-state index in [2.05, 4.69) is 41.5 Å². The van der Waals surface area contributed by atoms with Crippen molar-refractivity contribution in [2.75, 3.05) is 14.2 Å². The summed E-state index contributed by atoms with van der Waals surface area (Å²) in [5.74, 6) is 1.78. The van der Waals surface area contributed by atoms with Crippen LogP contribution in [0.15, 0.2) is 82.4 Å². The third kappa shape index (κ3) is 5.50. The van der Waals surface area contributed by atoms with Crippen LogP contribution in [-0.2, 0) is 14.3 Å². The first-order valence-electron chi connectivity index (χ1n) is 10.1. The number of hydrogen-bond donors (Lipinski definition) is 0. The maximum absolute atomic E-state index is 13.0. The number of rotatable bonds is 4. The monoisotopic (exact) mass is 394 g/mol. The molecule has 3 nitrogen and oxygen atoms in total. The highest BCUT2D eigenvalue weighted by molar-refractivity contribution is 6.11. The third-order valence-electron chi connectivity index (χ3n) is 4.97. The average Bonchev–Trinajstić information content (AvgIpc) is 2.64. The number of ketones is 1. The Morgan fingerprint density at radius 2 is 1.24 bits per heavy atom. The van der Waals surface area contributed by atoms with E-state index in [1.54, 1.807) is 14.2 Å². The van der Waals surface area contributed by atoms with E-state index in [0.717, 1.165) is 40.2 Å². The molecule has 0 aliphatic heterocycles. The molecule has 0 amide bonds. The molecule has 0 spiro atoms. The summed E-state index contributed by atoms with van der Waals surface area (Å²) in [7, 11) is 3.33. The predicted octanol–water partition coefficient (Wildman–Crippen LogP) is 6.39. The van der Waals surface area contributed by atoms with Crippen LogP contribution >= 0.6 is 0 Å². The predicted molar refractivity (Wildman–Crippen MR) is 120 cm³/mol. The van der Waals surface area contributed by atoms with E-state index in [1.165, 1.54) is 0 Å². The van der Waals surface area contributed by atoms with Crippen molar-refractivity contribution in [2.24, 2.45) is 10.8 Å². The van der Waals surface area contributed by atoms with Gasteiger partial charge in [0.1, 0.15) is 11.5 Å². The lowest BCUT2D eigenvalue weighted by Crippen LogP contribution is -2.27. The van der Waals surface area contributed by atoms with Gasteiger partial charge >= 0.3 is 0 Å². The highest BCUT2D eigenvalue weighted by atomic mass is 16.5. The summed E-state index contributed by atoms with van der Waals surface area (Å²) in [5.41, 5.74) is 3.25. The molecule has 2 aliphatic carbocycles. The summed E-state index contributed by atoms with van der Waals surface area (Å²) < 4.78 is 10.9. The van der Waals surface area contributed by atoms with Gasteiger partial charge in [0, 0.05) is 11.1 Å². The van der Waals surface area contributed by atoms with Gasteiger partial charge < -0.3 is 9.47 Å². The number of methoxy groups -OCH3 is 2. The number of carbonyl (C=O) groups is 1. The Morgan fingerprint density at radius 1 is 0.793 bits per heavy atom. The van der Waals surface area contributed by atoms with Crippen LogP contribution < -0.4 is 0 Å². The minimum absolute atomic E-state index is 0.153. The minimum Gasteiger partial charge on any atom is -0.496 e. The fourth-order valence-electron chi connectivity index (χ4n) is 3.35. The molecule has 0 atom stereocenters. The fraction of sp³-hybridized carbons (Fsp3) is 0.423. The van der Waals surface area contributed by atoms with Gasteiger partial charge in [-0.1, -0.05) is 59.8 Å². The zero-order valence-corrected chi connectivity index (χ0v) is 19.1. The van der Waals surface area contributed by atoms with Crippen molar-refractivity contribution in [3.63, 3.8) is 0 Å². The second-order valence-electron chi connectivity index (χ2n) is 9.36. The van der Waals surface area contributed by atoms with Crippen LogP contribution in [0.5, 0.6) is 0 Å². The Labute approximate surface area is 175 Å². The molecule has 0 saturated carbocycles. The molecule has 0 bridgehead atoms. The van der Waals surface area contributed by atoms with Crippen LogP contribution in [0.3, 0.4) is 0 Å². The van der Waals surface area contributed by atoms with Crippen molar-refractivity contribution < 1.29 is 14.3 Å². The van der Waals surface area contributed by atoms with Gasteiger partial charge in [0.05, 0.1) is 19.8 Å². The molecular weight excluding hydrogens is 360 g/mol. The van der Waals surface area contributed by atoms with E-state index >= 15 is 0 Å². The SMILES string of the molecule is COC1=CCC=C(OC)C1=C/C=C/C=C1C=C(C(C)(C)C)C(=O)C(C(C)(C)C)=C1. The Kier molecular flexibility index (Phi) is 6.94. The summed E-state index contributed by atoms with van der Waals surface area (Å²) in [5, 5.41) is 0.